The molecule has 0 saturated heterocycles. The van der Waals surface area contributed by atoms with Crippen LogP contribution in [0.3, 0.4) is 0 Å². The summed E-state index contributed by atoms with van der Waals surface area (Å²) in [4.78, 5) is 12.0. The number of benzene rings is 1. The monoisotopic (exact) mass is 281 g/mol. The van der Waals surface area contributed by atoms with Crippen molar-refractivity contribution in [3.05, 3.63) is 29.8 Å². The second-order valence-corrected chi connectivity index (χ2v) is 5.58. The second-order valence-electron chi connectivity index (χ2n) is 5.20. The maximum absolute atomic E-state index is 12.0. The van der Waals surface area contributed by atoms with Crippen LogP contribution < -0.4 is 10.1 Å². The fourth-order valence-electron chi connectivity index (χ4n) is 2.26. The van der Waals surface area contributed by atoms with Crippen LogP contribution in [0.1, 0.15) is 24.8 Å². The zero-order valence-electron chi connectivity index (χ0n) is 11.2. The maximum Gasteiger partial charge on any atom is 0.224 e. The molecule has 0 spiro atoms. The molecule has 0 aliphatic heterocycles. The van der Waals surface area contributed by atoms with Gasteiger partial charge in [0.15, 0.2) is 0 Å². The number of rotatable bonds is 7. The summed E-state index contributed by atoms with van der Waals surface area (Å²) in [6.45, 7) is 0.744. The van der Waals surface area contributed by atoms with Crippen molar-refractivity contribution < 1.29 is 9.53 Å². The third kappa shape index (κ3) is 3.87. The van der Waals surface area contributed by atoms with E-state index in [-0.39, 0.29) is 11.3 Å². The van der Waals surface area contributed by atoms with Gasteiger partial charge in [0.25, 0.3) is 0 Å². The number of hydrogen-bond acceptors (Lipinski definition) is 2. The molecule has 1 saturated carbocycles. The molecule has 0 aromatic heterocycles. The van der Waals surface area contributed by atoms with Gasteiger partial charge in [0.2, 0.25) is 5.91 Å². The van der Waals surface area contributed by atoms with Gasteiger partial charge < -0.3 is 10.1 Å². The van der Waals surface area contributed by atoms with Crippen LogP contribution in [0.2, 0.25) is 0 Å². The Morgan fingerprint density at radius 1 is 1.42 bits per heavy atom. The summed E-state index contributed by atoms with van der Waals surface area (Å²) in [5.41, 5.74) is 1.20. The molecule has 0 atom stereocenters. The second kappa shape index (κ2) is 6.29. The number of carbonyl (C=O) groups excluding carboxylic acids is 1. The van der Waals surface area contributed by atoms with Gasteiger partial charge in [-0.05, 0) is 30.7 Å². The highest BCUT2D eigenvalue weighted by Gasteiger charge is 2.41. The van der Waals surface area contributed by atoms with Crippen LogP contribution in [0.25, 0.3) is 0 Å². The molecule has 1 fully saturated rings. The van der Waals surface area contributed by atoms with E-state index in [1.54, 1.807) is 7.11 Å². The van der Waals surface area contributed by atoms with Gasteiger partial charge in [-0.1, -0.05) is 18.2 Å². The molecule has 0 unspecified atom stereocenters. The number of ether oxygens (including phenoxy) is 1. The molecular weight excluding hydrogens is 262 g/mol. The minimum atomic E-state index is 0.0466. The number of hydrogen-bond donors (Lipinski definition) is 1. The number of nitrogens with one attached hydrogen (secondary N) is 1. The fourth-order valence-corrected chi connectivity index (χ4v) is 2.66. The lowest BCUT2D eigenvalue weighted by Crippen LogP contribution is -2.31. The molecule has 2 rings (SSSR count). The number of amides is 1. The Hall–Kier alpha value is -1.22. The van der Waals surface area contributed by atoms with Crippen molar-refractivity contribution in [2.45, 2.75) is 25.7 Å². The smallest absolute Gasteiger partial charge is 0.224 e. The standard InChI is InChI=1S/C15H20ClNO2/c1-19-13-5-3-2-4-12(13)10-14(18)17-11-15(6-7-15)8-9-16/h2-5H,6-11H2,1H3,(H,17,18). The van der Waals surface area contributed by atoms with Gasteiger partial charge in [-0.15, -0.1) is 11.6 Å². The Bertz CT molecular complexity index is 444. The third-order valence-electron chi connectivity index (χ3n) is 3.79. The number of carbonyl (C=O) groups is 1. The van der Waals surface area contributed by atoms with E-state index in [4.69, 9.17) is 16.3 Å². The first-order valence-corrected chi connectivity index (χ1v) is 7.17. The van der Waals surface area contributed by atoms with E-state index in [1.165, 1.54) is 12.8 Å². The van der Waals surface area contributed by atoms with Crippen LogP contribution in [0.5, 0.6) is 5.75 Å². The van der Waals surface area contributed by atoms with E-state index >= 15 is 0 Å². The number of halogens is 1. The summed E-state index contributed by atoms with van der Waals surface area (Å²) >= 11 is 5.78. The van der Waals surface area contributed by atoms with Crippen LogP contribution in [0.4, 0.5) is 0 Å². The van der Waals surface area contributed by atoms with Gasteiger partial charge in [0.05, 0.1) is 13.5 Å². The van der Waals surface area contributed by atoms with Gasteiger partial charge >= 0.3 is 0 Å². The number of alkyl halides is 1. The molecule has 1 N–H and O–H groups in total. The van der Waals surface area contributed by atoms with Crippen LogP contribution >= 0.6 is 11.6 Å². The van der Waals surface area contributed by atoms with Crippen molar-refractivity contribution in [2.24, 2.45) is 5.41 Å². The highest BCUT2D eigenvalue weighted by Crippen LogP contribution is 2.48. The highest BCUT2D eigenvalue weighted by molar-refractivity contribution is 6.17. The molecule has 19 heavy (non-hydrogen) atoms. The van der Waals surface area contributed by atoms with Gasteiger partial charge in [0.1, 0.15) is 5.75 Å². The summed E-state index contributed by atoms with van der Waals surface area (Å²) in [5.74, 6) is 1.48. The summed E-state index contributed by atoms with van der Waals surface area (Å²) in [5, 5.41) is 3.02. The summed E-state index contributed by atoms with van der Waals surface area (Å²) in [6, 6.07) is 7.61. The van der Waals surface area contributed by atoms with E-state index in [0.717, 1.165) is 24.3 Å². The van der Waals surface area contributed by atoms with Gasteiger partial charge in [-0.25, -0.2) is 0 Å². The summed E-state index contributed by atoms with van der Waals surface area (Å²) < 4.78 is 5.25. The van der Waals surface area contributed by atoms with Gasteiger partial charge in [-0.3, -0.25) is 4.79 Å². The highest BCUT2D eigenvalue weighted by atomic mass is 35.5. The van der Waals surface area contributed by atoms with Crippen LogP contribution in [0, 0.1) is 5.41 Å². The normalized spacial score (nSPS) is 15.9. The first kappa shape index (κ1) is 14.2. The maximum atomic E-state index is 12.0. The lowest BCUT2D eigenvalue weighted by Gasteiger charge is -2.15. The number of para-hydroxylation sites is 1. The van der Waals surface area contributed by atoms with Crippen molar-refractivity contribution in [3.8, 4) is 5.75 Å². The Morgan fingerprint density at radius 2 is 2.16 bits per heavy atom. The summed E-state index contributed by atoms with van der Waals surface area (Å²) in [6.07, 6.45) is 3.70. The molecule has 1 aliphatic rings. The minimum Gasteiger partial charge on any atom is -0.496 e. The molecule has 0 heterocycles. The predicted octanol–water partition coefficient (Wildman–Crippen LogP) is 2.76. The van der Waals surface area contributed by atoms with Crippen molar-refractivity contribution in [1.82, 2.24) is 5.32 Å². The lowest BCUT2D eigenvalue weighted by molar-refractivity contribution is -0.120. The quantitative estimate of drug-likeness (QED) is 0.781. The average Bonchev–Trinajstić information content (AvgIpc) is 3.18. The minimum absolute atomic E-state index is 0.0466. The molecule has 4 heteroatoms. The molecule has 0 bridgehead atoms. The van der Waals surface area contributed by atoms with Crippen molar-refractivity contribution in [2.75, 3.05) is 19.5 Å². The first-order chi connectivity index (χ1) is 9.19. The zero-order chi connectivity index (χ0) is 13.7. The zero-order valence-corrected chi connectivity index (χ0v) is 12.0. The molecule has 3 nitrogen and oxygen atoms in total. The largest absolute Gasteiger partial charge is 0.496 e. The SMILES string of the molecule is COc1ccccc1CC(=O)NCC1(CCCl)CC1. The average molecular weight is 282 g/mol. The van der Waals surface area contributed by atoms with Crippen molar-refractivity contribution in [3.63, 3.8) is 0 Å². The fraction of sp³-hybridized carbons (Fsp3) is 0.533. The first-order valence-electron chi connectivity index (χ1n) is 6.64. The molecular formula is C15H20ClNO2. The van der Waals surface area contributed by atoms with E-state index in [1.807, 2.05) is 24.3 Å². The van der Waals surface area contributed by atoms with E-state index in [2.05, 4.69) is 5.32 Å². The van der Waals surface area contributed by atoms with Gasteiger partial charge in [-0.2, -0.15) is 0 Å². The molecule has 104 valence electrons. The van der Waals surface area contributed by atoms with Gasteiger partial charge in [0, 0.05) is 18.0 Å². The van der Waals surface area contributed by atoms with Crippen LogP contribution in [0.15, 0.2) is 24.3 Å². The van der Waals surface area contributed by atoms with E-state index in [0.29, 0.717) is 12.3 Å². The lowest BCUT2D eigenvalue weighted by atomic mass is 10.0. The number of methoxy groups -OCH3 is 1. The topological polar surface area (TPSA) is 38.3 Å². The van der Waals surface area contributed by atoms with Crippen molar-refractivity contribution >= 4 is 17.5 Å². The molecule has 1 aliphatic carbocycles. The molecule has 1 aromatic rings. The van der Waals surface area contributed by atoms with Crippen LogP contribution in [-0.4, -0.2) is 25.4 Å². The Morgan fingerprint density at radius 3 is 2.79 bits per heavy atom. The molecule has 1 amide bonds. The van der Waals surface area contributed by atoms with Crippen LogP contribution in [-0.2, 0) is 11.2 Å². The Labute approximate surface area is 119 Å². The van der Waals surface area contributed by atoms with Crippen molar-refractivity contribution in [1.29, 1.82) is 0 Å². The molecule has 0 radical (unpaired) electrons. The Balaban J connectivity index is 1.84. The Kier molecular flexibility index (Phi) is 4.70. The summed E-state index contributed by atoms with van der Waals surface area (Å²) in [7, 11) is 1.62. The molecule has 1 aromatic carbocycles. The predicted molar refractivity (Wildman–Crippen MR) is 76.7 cm³/mol. The van der Waals surface area contributed by atoms with E-state index in [9.17, 15) is 4.79 Å². The third-order valence-corrected chi connectivity index (χ3v) is 3.97. The van der Waals surface area contributed by atoms with E-state index < -0.39 is 0 Å².